The minimum absolute atomic E-state index is 0.361. The van der Waals surface area contributed by atoms with Crippen LogP contribution >= 0.6 is 11.3 Å². The second-order valence-corrected chi connectivity index (χ2v) is 5.53. The molecule has 2 rings (SSSR count). The Bertz CT molecular complexity index is 334. The molecule has 0 spiro atoms. The SMILES string of the molecule is Cc1csc(C(=O)CC2CCCCC2)c1. The molecular formula is C13H18OS. The average Bonchev–Trinajstić information content (AvgIpc) is 2.66. The van der Waals surface area contributed by atoms with Crippen molar-refractivity contribution in [2.24, 2.45) is 5.92 Å². The number of carbonyl (C=O) groups excluding carboxylic acids is 1. The molecule has 0 N–H and O–H groups in total. The fourth-order valence-corrected chi connectivity index (χ4v) is 3.18. The molecule has 1 saturated carbocycles. The number of aryl methyl sites for hydroxylation is 1. The number of rotatable bonds is 3. The fraction of sp³-hybridized carbons (Fsp3) is 0.615. The molecule has 0 unspecified atom stereocenters. The molecular weight excluding hydrogens is 204 g/mol. The van der Waals surface area contributed by atoms with Crippen LogP contribution in [-0.2, 0) is 0 Å². The summed E-state index contributed by atoms with van der Waals surface area (Å²) in [6, 6.07) is 2.02. The Labute approximate surface area is 95.5 Å². The predicted molar refractivity (Wildman–Crippen MR) is 64.6 cm³/mol. The van der Waals surface area contributed by atoms with Crippen LogP contribution in [0.15, 0.2) is 11.4 Å². The highest BCUT2D eigenvalue weighted by molar-refractivity contribution is 7.12. The van der Waals surface area contributed by atoms with E-state index < -0.39 is 0 Å². The van der Waals surface area contributed by atoms with Crippen LogP contribution in [0.5, 0.6) is 0 Å². The maximum atomic E-state index is 11.9. The van der Waals surface area contributed by atoms with E-state index in [1.807, 2.05) is 13.0 Å². The van der Waals surface area contributed by atoms with Gasteiger partial charge in [-0.1, -0.05) is 32.1 Å². The molecule has 1 aliphatic carbocycles. The molecule has 1 aliphatic rings. The van der Waals surface area contributed by atoms with Crippen molar-refractivity contribution in [2.75, 3.05) is 0 Å². The van der Waals surface area contributed by atoms with Crippen molar-refractivity contribution in [1.29, 1.82) is 0 Å². The molecule has 82 valence electrons. The highest BCUT2D eigenvalue weighted by atomic mass is 32.1. The van der Waals surface area contributed by atoms with Gasteiger partial charge in [0.25, 0.3) is 0 Å². The summed E-state index contributed by atoms with van der Waals surface area (Å²) in [5.41, 5.74) is 1.21. The number of carbonyl (C=O) groups is 1. The lowest BCUT2D eigenvalue weighted by Gasteiger charge is -2.20. The fourth-order valence-electron chi connectivity index (χ4n) is 2.33. The molecule has 1 nitrogen and oxygen atoms in total. The predicted octanol–water partition coefficient (Wildman–Crippen LogP) is 4.21. The van der Waals surface area contributed by atoms with Gasteiger partial charge in [0, 0.05) is 6.42 Å². The minimum atomic E-state index is 0.361. The van der Waals surface area contributed by atoms with Crippen LogP contribution in [0.2, 0.25) is 0 Å². The molecule has 1 heterocycles. The van der Waals surface area contributed by atoms with Crippen molar-refractivity contribution < 1.29 is 4.79 Å². The summed E-state index contributed by atoms with van der Waals surface area (Å²) >= 11 is 1.60. The third kappa shape index (κ3) is 2.91. The van der Waals surface area contributed by atoms with Gasteiger partial charge >= 0.3 is 0 Å². The zero-order valence-corrected chi connectivity index (χ0v) is 10.1. The smallest absolute Gasteiger partial charge is 0.173 e. The van der Waals surface area contributed by atoms with Gasteiger partial charge in [-0.25, -0.2) is 0 Å². The van der Waals surface area contributed by atoms with Gasteiger partial charge in [0.15, 0.2) is 5.78 Å². The Balaban J connectivity index is 1.91. The van der Waals surface area contributed by atoms with Crippen molar-refractivity contribution in [3.05, 3.63) is 21.9 Å². The zero-order valence-electron chi connectivity index (χ0n) is 9.29. The molecule has 1 fully saturated rings. The summed E-state index contributed by atoms with van der Waals surface area (Å²) in [5.74, 6) is 1.02. The summed E-state index contributed by atoms with van der Waals surface area (Å²) in [7, 11) is 0. The Kier molecular flexibility index (Phi) is 3.57. The first-order chi connectivity index (χ1) is 7.25. The van der Waals surface area contributed by atoms with Crippen LogP contribution < -0.4 is 0 Å². The molecule has 0 aliphatic heterocycles. The first-order valence-electron chi connectivity index (χ1n) is 5.84. The van der Waals surface area contributed by atoms with E-state index in [0.29, 0.717) is 11.7 Å². The van der Waals surface area contributed by atoms with Gasteiger partial charge in [-0.15, -0.1) is 11.3 Å². The molecule has 15 heavy (non-hydrogen) atoms. The van der Waals surface area contributed by atoms with E-state index in [4.69, 9.17) is 0 Å². The molecule has 0 radical (unpaired) electrons. The molecule has 1 aromatic heterocycles. The van der Waals surface area contributed by atoms with Crippen molar-refractivity contribution in [3.63, 3.8) is 0 Å². The Morgan fingerprint density at radius 3 is 2.73 bits per heavy atom. The maximum absolute atomic E-state index is 11.9. The number of hydrogen-bond donors (Lipinski definition) is 0. The quantitative estimate of drug-likeness (QED) is 0.700. The standard InChI is InChI=1S/C13H18OS/c1-10-7-13(15-9-10)12(14)8-11-5-3-2-4-6-11/h7,9,11H,2-6,8H2,1H3. The van der Waals surface area contributed by atoms with Crippen LogP contribution in [-0.4, -0.2) is 5.78 Å². The Morgan fingerprint density at radius 2 is 2.13 bits per heavy atom. The monoisotopic (exact) mass is 222 g/mol. The molecule has 0 amide bonds. The number of Topliss-reactive ketones (excluding diaryl/α,β-unsaturated/α-hetero) is 1. The molecule has 0 aromatic carbocycles. The summed E-state index contributed by atoms with van der Waals surface area (Å²) in [4.78, 5) is 12.9. The summed E-state index contributed by atoms with van der Waals surface area (Å²) < 4.78 is 0. The van der Waals surface area contributed by atoms with Gasteiger partial charge in [0.05, 0.1) is 4.88 Å². The Hall–Kier alpha value is -0.630. The highest BCUT2D eigenvalue weighted by Gasteiger charge is 2.18. The second kappa shape index (κ2) is 4.93. The lowest BCUT2D eigenvalue weighted by atomic mass is 9.85. The van der Waals surface area contributed by atoms with Crippen LogP contribution in [0.4, 0.5) is 0 Å². The largest absolute Gasteiger partial charge is 0.293 e. The van der Waals surface area contributed by atoms with E-state index in [1.165, 1.54) is 37.7 Å². The molecule has 0 saturated heterocycles. The van der Waals surface area contributed by atoms with Crippen LogP contribution in [0.3, 0.4) is 0 Å². The van der Waals surface area contributed by atoms with Gasteiger partial charge < -0.3 is 0 Å². The number of hydrogen-bond acceptors (Lipinski definition) is 2. The van der Waals surface area contributed by atoms with Gasteiger partial charge in [-0.3, -0.25) is 4.79 Å². The van der Waals surface area contributed by atoms with Crippen molar-refractivity contribution in [1.82, 2.24) is 0 Å². The summed E-state index contributed by atoms with van der Waals surface area (Å²) in [6.45, 7) is 2.05. The Morgan fingerprint density at radius 1 is 1.40 bits per heavy atom. The second-order valence-electron chi connectivity index (χ2n) is 4.62. The van der Waals surface area contributed by atoms with E-state index in [1.54, 1.807) is 11.3 Å². The third-order valence-electron chi connectivity index (χ3n) is 3.20. The van der Waals surface area contributed by atoms with Crippen LogP contribution in [0.1, 0.15) is 53.8 Å². The first kappa shape index (κ1) is 10.9. The van der Waals surface area contributed by atoms with E-state index in [-0.39, 0.29) is 0 Å². The van der Waals surface area contributed by atoms with E-state index in [2.05, 4.69) is 5.38 Å². The van der Waals surface area contributed by atoms with Gasteiger partial charge in [-0.05, 0) is 29.9 Å². The van der Waals surface area contributed by atoms with Crippen LogP contribution in [0, 0.1) is 12.8 Å². The minimum Gasteiger partial charge on any atom is -0.293 e. The van der Waals surface area contributed by atoms with Crippen molar-refractivity contribution in [2.45, 2.75) is 45.4 Å². The van der Waals surface area contributed by atoms with Crippen molar-refractivity contribution >= 4 is 17.1 Å². The molecule has 0 atom stereocenters. The van der Waals surface area contributed by atoms with E-state index in [0.717, 1.165) is 11.3 Å². The van der Waals surface area contributed by atoms with Gasteiger partial charge in [0.1, 0.15) is 0 Å². The topological polar surface area (TPSA) is 17.1 Å². The summed E-state index contributed by atoms with van der Waals surface area (Å²) in [5, 5.41) is 2.06. The number of ketones is 1. The van der Waals surface area contributed by atoms with Crippen LogP contribution in [0.25, 0.3) is 0 Å². The van der Waals surface area contributed by atoms with Crippen molar-refractivity contribution in [3.8, 4) is 0 Å². The molecule has 0 bridgehead atoms. The van der Waals surface area contributed by atoms with Gasteiger partial charge in [0.2, 0.25) is 0 Å². The zero-order chi connectivity index (χ0) is 10.7. The maximum Gasteiger partial charge on any atom is 0.173 e. The molecule has 1 aromatic rings. The molecule has 2 heteroatoms. The van der Waals surface area contributed by atoms with E-state index in [9.17, 15) is 4.79 Å². The average molecular weight is 222 g/mol. The van der Waals surface area contributed by atoms with E-state index >= 15 is 0 Å². The van der Waals surface area contributed by atoms with Gasteiger partial charge in [-0.2, -0.15) is 0 Å². The lowest BCUT2D eigenvalue weighted by Crippen LogP contribution is -2.11. The lowest BCUT2D eigenvalue weighted by molar-refractivity contribution is 0.0954. The third-order valence-corrected chi connectivity index (χ3v) is 4.29. The first-order valence-corrected chi connectivity index (χ1v) is 6.72. The normalized spacial score (nSPS) is 17.9. The highest BCUT2D eigenvalue weighted by Crippen LogP contribution is 2.28. The summed E-state index contributed by atoms with van der Waals surface area (Å²) in [6.07, 6.45) is 7.30. The number of thiophene rings is 1.